The SMILES string of the molecule is C[C@H]1CCCN(CCCOc2ccc3c(c2)OCO3)C1. The number of rotatable bonds is 5. The van der Waals surface area contributed by atoms with E-state index in [9.17, 15) is 0 Å². The van der Waals surface area contributed by atoms with Crippen molar-refractivity contribution in [3.63, 3.8) is 0 Å². The number of fused-ring (bicyclic) bond motifs is 1. The Kier molecular flexibility index (Phi) is 4.31. The lowest BCUT2D eigenvalue weighted by atomic mass is 10.0. The third-order valence-corrected chi connectivity index (χ3v) is 3.97. The maximum atomic E-state index is 5.79. The average Bonchev–Trinajstić information content (AvgIpc) is 2.91. The van der Waals surface area contributed by atoms with E-state index in [-0.39, 0.29) is 0 Å². The van der Waals surface area contributed by atoms with Gasteiger partial charge in [-0.1, -0.05) is 6.92 Å². The molecule has 3 rings (SSSR count). The monoisotopic (exact) mass is 277 g/mol. The Morgan fingerprint density at radius 1 is 1.30 bits per heavy atom. The van der Waals surface area contributed by atoms with Crippen LogP contribution in [0.1, 0.15) is 26.2 Å². The Bertz CT molecular complexity index is 449. The van der Waals surface area contributed by atoms with Crippen molar-refractivity contribution in [2.45, 2.75) is 26.2 Å². The summed E-state index contributed by atoms with van der Waals surface area (Å²) in [5.74, 6) is 3.30. The first-order chi connectivity index (χ1) is 9.81. The number of benzene rings is 1. The van der Waals surface area contributed by atoms with Crippen molar-refractivity contribution in [1.29, 1.82) is 0 Å². The summed E-state index contributed by atoms with van der Waals surface area (Å²) >= 11 is 0. The molecular formula is C16H23NO3. The van der Waals surface area contributed by atoms with Crippen LogP contribution in [0.15, 0.2) is 18.2 Å². The summed E-state index contributed by atoms with van der Waals surface area (Å²) in [5.41, 5.74) is 0. The molecule has 2 aliphatic rings. The summed E-state index contributed by atoms with van der Waals surface area (Å²) in [6, 6.07) is 5.76. The number of piperidine rings is 1. The van der Waals surface area contributed by atoms with Gasteiger partial charge in [-0.05, 0) is 43.9 Å². The van der Waals surface area contributed by atoms with Crippen LogP contribution in [-0.2, 0) is 0 Å². The van der Waals surface area contributed by atoms with E-state index >= 15 is 0 Å². The number of nitrogens with zero attached hydrogens (tertiary/aromatic N) is 1. The van der Waals surface area contributed by atoms with Gasteiger partial charge in [0.2, 0.25) is 6.79 Å². The maximum absolute atomic E-state index is 5.79. The van der Waals surface area contributed by atoms with Gasteiger partial charge in [0.25, 0.3) is 0 Å². The highest BCUT2D eigenvalue weighted by atomic mass is 16.7. The van der Waals surface area contributed by atoms with Crippen LogP contribution in [0.3, 0.4) is 0 Å². The second-order valence-electron chi connectivity index (χ2n) is 5.77. The van der Waals surface area contributed by atoms with E-state index < -0.39 is 0 Å². The fourth-order valence-electron chi connectivity index (χ4n) is 2.93. The molecule has 0 aromatic heterocycles. The first-order valence-electron chi connectivity index (χ1n) is 7.56. The Morgan fingerprint density at radius 3 is 3.10 bits per heavy atom. The lowest BCUT2D eigenvalue weighted by Crippen LogP contribution is -2.35. The molecule has 0 unspecified atom stereocenters. The first kappa shape index (κ1) is 13.6. The molecule has 0 bridgehead atoms. The molecule has 1 atom stereocenters. The summed E-state index contributed by atoms with van der Waals surface area (Å²) < 4.78 is 16.4. The molecule has 1 saturated heterocycles. The average molecular weight is 277 g/mol. The summed E-state index contributed by atoms with van der Waals surface area (Å²) in [5, 5.41) is 0. The van der Waals surface area contributed by atoms with Crippen LogP contribution in [0.5, 0.6) is 17.2 Å². The number of likely N-dealkylation sites (tertiary alicyclic amines) is 1. The molecule has 2 heterocycles. The molecule has 0 amide bonds. The molecule has 1 fully saturated rings. The molecule has 0 aliphatic carbocycles. The van der Waals surface area contributed by atoms with Crippen LogP contribution in [0, 0.1) is 5.92 Å². The van der Waals surface area contributed by atoms with Crippen molar-refractivity contribution in [1.82, 2.24) is 4.90 Å². The van der Waals surface area contributed by atoms with E-state index in [1.54, 1.807) is 0 Å². The predicted molar refractivity (Wildman–Crippen MR) is 77.5 cm³/mol. The second-order valence-corrected chi connectivity index (χ2v) is 5.77. The topological polar surface area (TPSA) is 30.9 Å². The lowest BCUT2D eigenvalue weighted by molar-refractivity contribution is 0.169. The van der Waals surface area contributed by atoms with E-state index in [2.05, 4.69) is 11.8 Å². The minimum absolute atomic E-state index is 0.311. The quantitative estimate of drug-likeness (QED) is 0.774. The minimum atomic E-state index is 0.311. The Labute approximate surface area is 120 Å². The van der Waals surface area contributed by atoms with E-state index in [1.807, 2.05) is 18.2 Å². The van der Waals surface area contributed by atoms with Crippen LogP contribution in [0.25, 0.3) is 0 Å². The summed E-state index contributed by atoms with van der Waals surface area (Å²) in [6.07, 6.45) is 3.79. The zero-order valence-electron chi connectivity index (χ0n) is 12.1. The van der Waals surface area contributed by atoms with Gasteiger partial charge in [-0.3, -0.25) is 0 Å². The maximum Gasteiger partial charge on any atom is 0.231 e. The molecule has 0 spiro atoms. The van der Waals surface area contributed by atoms with Gasteiger partial charge in [-0.2, -0.15) is 0 Å². The zero-order chi connectivity index (χ0) is 13.8. The molecule has 110 valence electrons. The van der Waals surface area contributed by atoms with E-state index in [0.29, 0.717) is 6.79 Å². The highest BCUT2D eigenvalue weighted by Gasteiger charge is 2.16. The standard InChI is InChI=1S/C16H23NO3/c1-13-4-2-7-17(11-13)8-3-9-18-14-5-6-15-16(10-14)20-12-19-15/h5-6,10,13H,2-4,7-9,11-12H2,1H3/t13-/m0/s1. The Balaban J connectivity index is 1.39. The number of ether oxygens (including phenoxy) is 3. The van der Waals surface area contributed by atoms with Gasteiger partial charge in [0.05, 0.1) is 6.61 Å². The summed E-state index contributed by atoms with van der Waals surface area (Å²) in [6.45, 7) is 7.03. The van der Waals surface area contributed by atoms with Crippen LogP contribution >= 0.6 is 0 Å². The van der Waals surface area contributed by atoms with Gasteiger partial charge < -0.3 is 19.1 Å². The van der Waals surface area contributed by atoms with Crippen molar-refractivity contribution in [2.75, 3.05) is 33.0 Å². The van der Waals surface area contributed by atoms with Crippen LogP contribution in [0.2, 0.25) is 0 Å². The lowest BCUT2D eigenvalue weighted by Gasteiger charge is -2.30. The van der Waals surface area contributed by atoms with Gasteiger partial charge in [-0.15, -0.1) is 0 Å². The number of hydrogen-bond donors (Lipinski definition) is 0. The molecule has 20 heavy (non-hydrogen) atoms. The minimum Gasteiger partial charge on any atom is -0.493 e. The molecule has 0 N–H and O–H groups in total. The van der Waals surface area contributed by atoms with Gasteiger partial charge in [0, 0.05) is 19.2 Å². The van der Waals surface area contributed by atoms with Gasteiger partial charge in [0.1, 0.15) is 5.75 Å². The molecule has 0 radical (unpaired) electrons. The third kappa shape index (κ3) is 3.37. The predicted octanol–water partition coefficient (Wildman–Crippen LogP) is 2.92. The van der Waals surface area contributed by atoms with Crippen molar-refractivity contribution in [2.24, 2.45) is 5.92 Å². The molecule has 0 saturated carbocycles. The van der Waals surface area contributed by atoms with Crippen molar-refractivity contribution >= 4 is 0 Å². The van der Waals surface area contributed by atoms with E-state index in [4.69, 9.17) is 14.2 Å². The van der Waals surface area contributed by atoms with Gasteiger partial charge in [-0.25, -0.2) is 0 Å². The third-order valence-electron chi connectivity index (χ3n) is 3.97. The fraction of sp³-hybridized carbons (Fsp3) is 0.625. The summed E-state index contributed by atoms with van der Waals surface area (Å²) in [4.78, 5) is 2.55. The highest BCUT2D eigenvalue weighted by molar-refractivity contribution is 5.46. The van der Waals surface area contributed by atoms with Gasteiger partial charge >= 0.3 is 0 Å². The molecule has 4 nitrogen and oxygen atoms in total. The van der Waals surface area contributed by atoms with Crippen molar-refractivity contribution < 1.29 is 14.2 Å². The normalized spacial score (nSPS) is 21.9. The van der Waals surface area contributed by atoms with Crippen molar-refractivity contribution in [3.8, 4) is 17.2 Å². The van der Waals surface area contributed by atoms with E-state index in [1.165, 1.54) is 25.9 Å². The van der Waals surface area contributed by atoms with E-state index in [0.717, 1.165) is 42.7 Å². The molecule has 4 heteroatoms. The zero-order valence-corrected chi connectivity index (χ0v) is 12.1. The molecule has 1 aromatic carbocycles. The summed E-state index contributed by atoms with van der Waals surface area (Å²) in [7, 11) is 0. The van der Waals surface area contributed by atoms with Crippen molar-refractivity contribution in [3.05, 3.63) is 18.2 Å². The molecule has 1 aromatic rings. The van der Waals surface area contributed by atoms with Crippen LogP contribution in [0.4, 0.5) is 0 Å². The second kappa shape index (κ2) is 6.35. The Hall–Kier alpha value is -1.42. The Morgan fingerprint density at radius 2 is 2.20 bits per heavy atom. The number of hydrogen-bond acceptors (Lipinski definition) is 4. The largest absolute Gasteiger partial charge is 0.493 e. The molecular weight excluding hydrogens is 254 g/mol. The smallest absolute Gasteiger partial charge is 0.231 e. The van der Waals surface area contributed by atoms with Gasteiger partial charge in [0.15, 0.2) is 11.5 Å². The molecule has 2 aliphatic heterocycles. The van der Waals surface area contributed by atoms with Crippen LogP contribution in [-0.4, -0.2) is 37.9 Å². The van der Waals surface area contributed by atoms with Crippen LogP contribution < -0.4 is 14.2 Å². The highest BCUT2D eigenvalue weighted by Crippen LogP contribution is 2.35. The first-order valence-corrected chi connectivity index (χ1v) is 7.56. The fourth-order valence-corrected chi connectivity index (χ4v) is 2.93.